The zero-order chi connectivity index (χ0) is 18.0. The van der Waals surface area contributed by atoms with Gasteiger partial charge in [0.1, 0.15) is 12.1 Å². The summed E-state index contributed by atoms with van der Waals surface area (Å²) in [6.07, 6.45) is 0. The van der Waals surface area contributed by atoms with Crippen LogP contribution >= 0.6 is 0 Å². The Hall–Kier alpha value is -3.02. The lowest BCUT2D eigenvalue weighted by Crippen LogP contribution is -2.35. The second-order valence-electron chi connectivity index (χ2n) is 6.22. The number of carbonyl (C=O) groups excluding carboxylic acids is 1. The van der Waals surface area contributed by atoms with E-state index in [1.54, 1.807) is 24.3 Å². The Morgan fingerprint density at radius 1 is 1.20 bits per heavy atom. The molecule has 1 heterocycles. The van der Waals surface area contributed by atoms with Crippen LogP contribution in [0.1, 0.15) is 29.7 Å². The summed E-state index contributed by atoms with van der Waals surface area (Å²) in [6, 6.07) is 12.9. The molecule has 6 nitrogen and oxygen atoms in total. The molecule has 0 unspecified atom stereocenters. The molecule has 1 atom stereocenters. The average molecular weight is 336 g/mol. The third kappa shape index (κ3) is 3.57. The molecule has 0 aliphatic heterocycles. The van der Waals surface area contributed by atoms with Gasteiger partial charge < -0.3 is 5.32 Å². The van der Waals surface area contributed by atoms with Crippen molar-refractivity contribution in [2.75, 3.05) is 0 Å². The molecule has 0 saturated carbocycles. The molecule has 1 aromatic heterocycles. The molecular formula is C19H20N4O2. The normalized spacial score (nSPS) is 12.1. The van der Waals surface area contributed by atoms with Gasteiger partial charge in [0.05, 0.1) is 11.4 Å². The van der Waals surface area contributed by atoms with Crippen LogP contribution in [-0.2, 0) is 11.3 Å². The van der Waals surface area contributed by atoms with E-state index in [-0.39, 0.29) is 24.1 Å². The Morgan fingerprint density at radius 3 is 2.72 bits per heavy atom. The molecule has 0 aliphatic rings. The number of rotatable bonds is 4. The summed E-state index contributed by atoms with van der Waals surface area (Å²) in [5.41, 5.74) is 3.55. The first-order valence-corrected chi connectivity index (χ1v) is 8.15. The Morgan fingerprint density at radius 2 is 1.96 bits per heavy atom. The van der Waals surface area contributed by atoms with Gasteiger partial charge in [-0.1, -0.05) is 41.1 Å². The van der Waals surface area contributed by atoms with Crippen LogP contribution in [0.25, 0.3) is 10.9 Å². The van der Waals surface area contributed by atoms with E-state index >= 15 is 0 Å². The number of carbonyl (C=O) groups is 1. The first-order chi connectivity index (χ1) is 12.0. The number of amides is 1. The van der Waals surface area contributed by atoms with Crippen molar-refractivity contribution in [3.05, 3.63) is 69.5 Å². The lowest BCUT2D eigenvalue weighted by molar-refractivity contribution is -0.122. The van der Waals surface area contributed by atoms with Crippen LogP contribution in [0.3, 0.4) is 0 Å². The molecule has 0 radical (unpaired) electrons. The molecule has 2 aromatic carbocycles. The minimum Gasteiger partial charge on any atom is -0.348 e. The minimum atomic E-state index is -0.320. The number of benzene rings is 2. The fourth-order valence-corrected chi connectivity index (χ4v) is 2.94. The van der Waals surface area contributed by atoms with Crippen molar-refractivity contribution in [3.63, 3.8) is 0 Å². The second kappa shape index (κ2) is 6.84. The molecule has 1 N–H and O–H groups in total. The Balaban J connectivity index is 1.76. The van der Waals surface area contributed by atoms with E-state index in [4.69, 9.17) is 0 Å². The summed E-state index contributed by atoms with van der Waals surface area (Å²) in [5, 5.41) is 11.2. The van der Waals surface area contributed by atoms with E-state index in [1.807, 2.05) is 32.9 Å². The molecule has 0 bridgehead atoms. The highest BCUT2D eigenvalue weighted by Crippen LogP contribution is 2.18. The molecule has 128 valence electrons. The maximum atomic E-state index is 12.4. The van der Waals surface area contributed by atoms with Gasteiger partial charge in [-0.25, -0.2) is 4.68 Å². The number of hydrogen-bond donors (Lipinski definition) is 1. The largest absolute Gasteiger partial charge is 0.348 e. The van der Waals surface area contributed by atoms with Crippen LogP contribution < -0.4 is 10.9 Å². The number of fused-ring (bicyclic) bond motifs is 1. The Kier molecular flexibility index (Phi) is 4.61. The van der Waals surface area contributed by atoms with E-state index in [0.29, 0.717) is 10.9 Å². The highest BCUT2D eigenvalue weighted by Gasteiger charge is 2.14. The van der Waals surface area contributed by atoms with Gasteiger partial charge in [-0.3, -0.25) is 9.59 Å². The molecule has 0 fully saturated rings. The van der Waals surface area contributed by atoms with Crippen molar-refractivity contribution >= 4 is 16.8 Å². The maximum absolute atomic E-state index is 12.4. The van der Waals surface area contributed by atoms with Crippen LogP contribution in [0.2, 0.25) is 0 Å². The van der Waals surface area contributed by atoms with Gasteiger partial charge in [0.15, 0.2) is 0 Å². The number of nitrogens with zero attached hydrogens (tertiary/aromatic N) is 3. The minimum absolute atomic E-state index is 0.155. The number of aryl methyl sites for hydroxylation is 2. The molecule has 1 amide bonds. The number of nitrogens with one attached hydrogen (secondary N) is 1. The van der Waals surface area contributed by atoms with Crippen molar-refractivity contribution in [3.8, 4) is 0 Å². The zero-order valence-electron chi connectivity index (χ0n) is 14.5. The molecule has 0 aliphatic carbocycles. The molecule has 3 rings (SSSR count). The lowest BCUT2D eigenvalue weighted by Gasteiger charge is -2.17. The van der Waals surface area contributed by atoms with E-state index in [2.05, 4.69) is 21.7 Å². The van der Waals surface area contributed by atoms with Gasteiger partial charge in [0, 0.05) is 0 Å². The van der Waals surface area contributed by atoms with Gasteiger partial charge >= 0.3 is 0 Å². The molecule has 6 heteroatoms. The smallest absolute Gasteiger partial charge is 0.278 e. The van der Waals surface area contributed by atoms with Crippen LogP contribution in [0, 0.1) is 13.8 Å². The summed E-state index contributed by atoms with van der Waals surface area (Å²) >= 11 is 0. The van der Waals surface area contributed by atoms with E-state index in [1.165, 1.54) is 5.56 Å². The summed E-state index contributed by atoms with van der Waals surface area (Å²) in [6.45, 7) is 5.81. The molecular weight excluding hydrogens is 316 g/mol. The molecule has 25 heavy (non-hydrogen) atoms. The lowest BCUT2D eigenvalue weighted by atomic mass is 10.0. The number of hydrogen-bond acceptors (Lipinski definition) is 4. The van der Waals surface area contributed by atoms with Gasteiger partial charge in [-0.05, 0) is 44.0 Å². The molecule has 0 saturated heterocycles. The Labute approximate surface area is 145 Å². The van der Waals surface area contributed by atoms with Crippen molar-refractivity contribution in [2.45, 2.75) is 33.4 Å². The van der Waals surface area contributed by atoms with Gasteiger partial charge in [-0.2, -0.15) is 0 Å². The maximum Gasteiger partial charge on any atom is 0.278 e. The summed E-state index contributed by atoms with van der Waals surface area (Å²) in [5.74, 6) is -0.279. The van der Waals surface area contributed by atoms with Gasteiger partial charge in [0.25, 0.3) is 5.56 Å². The zero-order valence-corrected chi connectivity index (χ0v) is 14.5. The molecule has 3 aromatic rings. The summed E-state index contributed by atoms with van der Waals surface area (Å²) in [4.78, 5) is 24.7. The predicted octanol–water partition coefficient (Wildman–Crippen LogP) is 2.29. The Bertz CT molecular complexity index is 994. The molecule has 0 spiro atoms. The second-order valence-corrected chi connectivity index (χ2v) is 6.22. The SMILES string of the molecule is Cc1ccc([C@H](C)NC(=O)Cn2nnc3ccccc3c2=O)c(C)c1. The first-order valence-electron chi connectivity index (χ1n) is 8.15. The number of aromatic nitrogens is 3. The summed E-state index contributed by atoms with van der Waals surface area (Å²) < 4.78 is 1.09. The van der Waals surface area contributed by atoms with Crippen molar-refractivity contribution < 1.29 is 4.79 Å². The first kappa shape index (κ1) is 16.8. The fourth-order valence-electron chi connectivity index (χ4n) is 2.94. The quantitative estimate of drug-likeness (QED) is 0.793. The topological polar surface area (TPSA) is 76.9 Å². The fraction of sp³-hybridized carbons (Fsp3) is 0.263. The standard InChI is InChI=1S/C19H20N4O2/c1-12-8-9-15(13(2)10-12)14(3)20-18(24)11-23-19(25)16-6-4-5-7-17(16)21-22-23/h4-10,14H,11H2,1-3H3,(H,20,24)/t14-/m0/s1. The van der Waals surface area contributed by atoms with Crippen LogP contribution in [0.5, 0.6) is 0 Å². The summed E-state index contributed by atoms with van der Waals surface area (Å²) in [7, 11) is 0. The van der Waals surface area contributed by atoms with Crippen LogP contribution in [0.15, 0.2) is 47.3 Å². The monoisotopic (exact) mass is 336 g/mol. The highest BCUT2D eigenvalue weighted by molar-refractivity contribution is 5.78. The van der Waals surface area contributed by atoms with Crippen molar-refractivity contribution in [2.24, 2.45) is 0 Å². The predicted molar refractivity (Wildman–Crippen MR) is 96.3 cm³/mol. The van der Waals surface area contributed by atoms with Gasteiger partial charge in [0.2, 0.25) is 5.91 Å². The van der Waals surface area contributed by atoms with Crippen LogP contribution in [0.4, 0.5) is 0 Å². The van der Waals surface area contributed by atoms with E-state index in [0.717, 1.165) is 15.8 Å². The van der Waals surface area contributed by atoms with E-state index < -0.39 is 0 Å². The van der Waals surface area contributed by atoms with Crippen molar-refractivity contribution in [1.82, 2.24) is 20.3 Å². The third-order valence-corrected chi connectivity index (χ3v) is 4.19. The average Bonchev–Trinajstić information content (AvgIpc) is 2.57. The van der Waals surface area contributed by atoms with Gasteiger partial charge in [-0.15, -0.1) is 5.10 Å². The van der Waals surface area contributed by atoms with Crippen molar-refractivity contribution in [1.29, 1.82) is 0 Å². The van der Waals surface area contributed by atoms with Crippen LogP contribution in [-0.4, -0.2) is 20.9 Å². The third-order valence-electron chi connectivity index (χ3n) is 4.19. The van der Waals surface area contributed by atoms with E-state index in [9.17, 15) is 9.59 Å². The highest BCUT2D eigenvalue weighted by atomic mass is 16.2.